The summed E-state index contributed by atoms with van der Waals surface area (Å²) in [6.45, 7) is 0. The number of hydrogen-bond acceptors (Lipinski definition) is 3. The van der Waals surface area contributed by atoms with Crippen LogP contribution in [0.4, 0.5) is 8.78 Å². The average Bonchev–Trinajstić information content (AvgIpc) is 2.92. The Morgan fingerprint density at radius 1 is 1.04 bits per heavy atom. The summed E-state index contributed by atoms with van der Waals surface area (Å²) in [6, 6.07) is 8.69. The summed E-state index contributed by atoms with van der Waals surface area (Å²) in [5.74, 6) is -1.37. The summed E-state index contributed by atoms with van der Waals surface area (Å²) in [4.78, 5) is 0.0650. The molecule has 3 rings (SSSR count). The van der Waals surface area contributed by atoms with Crippen molar-refractivity contribution in [1.29, 1.82) is 0 Å². The molecule has 0 spiro atoms. The standard InChI is InChI=1S/C17H17F2NO3S/c18-12-3-8-16(17(19)9-12)11-1-6-15(7-2-11)24(22,23)20-13-4-5-14(21)10-13/h1-3,6-9,13-14,20-21H,4-5,10H2/t13-,14+/m0/s1. The van der Waals surface area contributed by atoms with Crippen LogP contribution in [0.1, 0.15) is 19.3 Å². The molecular formula is C17H17F2NO3S. The Kier molecular flexibility index (Phi) is 4.67. The van der Waals surface area contributed by atoms with E-state index in [1.54, 1.807) is 0 Å². The zero-order valence-corrected chi connectivity index (χ0v) is 13.6. The molecule has 0 saturated heterocycles. The zero-order valence-electron chi connectivity index (χ0n) is 12.7. The van der Waals surface area contributed by atoms with Crippen LogP contribution < -0.4 is 4.72 Å². The molecule has 1 aliphatic rings. The topological polar surface area (TPSA) is 66.4 Å². The van der Waals surface area contributed by atoms with Gasteiger partial charge in [0.15, 0.2) is 0 Å². The maximum absolute atomic E-state index is 13.8. The molecule has 0 bridgehead atoms. The second-order valence-corrected chi connectivity index (χ2v) is 7.65. The summed E-state index contributed by atoms with van der Waals surface area (Å²) in [6.07, 6.45) is 1.11. The van der Waals surface area contributed by atoms with Crippen molar-refractivity contribution in [3.05, 3.63) is 54.1 Å². The van der Waals surface area contributed by atoms with Gasteiger partial charge in [0, 0.05) is 17.7 Å². The Morgan fingerprint density at radius 3 is 2.33 bits per heavy atom. The van der Waals surface area contributed by atoms with Crippen molar-refractivity contribution < 1.29 is 22.3 Å². The third-order valence-electron chi connectivity index (χ3n) is 4.13. The van der Waals surface area contributed by atoms with E-state index in [2.05, 4.69) is 4.72 Å². The molecule has 0 amide bonds. The molecule has 2 aromatic carbocycles. The van der Waals surface area contributed by atoms with Gasteiger partial charge in [0.05, 0.1) is 11.0 Å². The number of hydrogen-bond donors (Lipinski definition) is 2. The summed E-state index contributed by atoms with van der Waals surface area (Å²) in [5.41, 5.74) is 0.662. The Hall–Kier alpha value is -1.83. The highest BCUT2D eigenvalue weighted by molar-refractivity contribution is 7.89. The molecule has 0 heterocycles. The largest absolute Gasteiger partial charge is 0.393 e. The van der Waals surface area contributed by atoms with Gasteiger partial charge in [-0.25, -0.2) is 21.9 Å². The SMILES string of the molecule is O=S(=O)(N[C@H]1CC[C@@H](O)C1)c1ccc(-c2ccc(F)cc2F)cc1. The van der Waals surface area contributed by atoms with E-state index in [1.165, 1.54) is 30.3 Å². The monoisotopic (exact) mass is 353 g/mol. The Morgan fingerprint density at radius 2 is 1.75 bits per heavy atom. The van der Waals surface area contributed by atoms with Gasteiger partial charge in [0.25, 0.3) is 0 Å². The molecule has 1 aliphatic carbocycles. The van der Waals surface area contributed by atoms with Crippen LogP contribution in [0.15, 0.2) is 47.4 Å². The molecule has 2 aromatic rings. The first kappa shape index (κ1) is 17.0. The van der Waals surface area contributed by atoms with Crippen LogP contribution >= 0.6 is 0 Å². The lowest BCUT2D eigenvalue weighted by Crippen LogP contribution is -2.33. The van der Waals surface area contributed by atoms with Gasteiger partial charge in [-0.05, 0) is 49.1 Å². The number of halogens is 2. The Bertz CT molecular complexity index is 837. The number of aliphatic hydroxyl groups excluding tert-OH is 1. The maximum Gasteiger partial charge on any atom is 0.240 e. The van der Waals surface area contributed by atoms with Gasteiger partial charge >= 0.3 is 0 Å². The van der Waals surface area contributed by atoms with Crippen LogP contribution in [-0.2, 0) is 10.0 Å². The van der Waals surface area contributed by atoms with E-state index in [0.717, 1.165) is 12.1 Å². The number of benzene rings is 2. The Labute approximate surface area is 139 Å². The first-order valence-corrected chi connectivity index (χ1v) is 9.09. The summed E-state index contributed by atoms with van der Waals surface area (Å²) in [7, 11) is -3.70. The molecule has 0 aromatic heterocycles. The van der Waals surface area contributed by atoms with Crippen LogP contribution in [0.25, 0.3) is 11.1 Å². The molecule has 7 heteroatoms. The smallest absolute Gasteiger partial charge is 0.240 e. The van der Waals surface area contributed by atoms with Crippen molar-refractivity contribution in [3.63, 3.8) is 0 Å². The van der Waals surface area contributed by atoms with Crippen LogP contribution in [0.5, 0.6) is 0 Å². The van der Waals surface area contributed by atoms with Crippen molar-refractivity contribution >= 4 is 10.0 Å². The minimum atomic E-state index is -3.70. The molecule has 24 heavy (non-hydrogen) atoms. The van der Waals surface area contributed by atoms with Crippen molar-refractivity contribution in [3.8, 4) is 11.1 Å². The van der Waals surface area contributed by atoms with Crippen LogP contribution in [0.3, 0.4) is 0 Å². The van der Waals surface area contributed by atoms with Crippen LogP contribution in [-0.4, -0.2) is 25.7 Å². The lowest BCUT2D eigenvalue weighted by molar-refractivity contribution is 0.181. The van der Waals surface area contributed by atoms with Gasteiger partial charge in [0.2, 0.25) is 10.0 Å². The fourth-order valence-electron chi connectivity index (χ4n) is 2.89. The fraction of sp³-hybridized carbons (Fsp3) is 0.294. The fourth-order valence-corrected chi connectivity index (χ4v) is 4.17. The lowest BCUT2D eigenvalue weighted by atomic mass is 10.1. The highest BCUT2D eigenvalue weighted by Gasteiger charge is 2.27. The van der Waals surface area contributed by atoms with Gasteiger partial charge in [-0.2, -0.15) is 0 Å². The second kappa shape index (κ2) is 6.58. The first-order valence-electron chi connectivity index (χ1n) is 7.61. The molecule has 4 nitrogen and oxygen atoms in total. The molecule has 2 atom stereocenters. The number of nitrogens with one attached hydrogen (secondary N) is 1. The first-order chi connectivity index (χ1) is 11.3. The minimum absolute atomic E-state index is 0.0650. The van der Waals surface area contributed by atoms with Gasteiger partial charge in [-0.15, -0.1) is 0 Å². The predicted octanol–water partition coefficient (Wildman–Crippen LogP) is 2.82. The summed E-state index contributed by atoms with van der Waals surface area (Å²) < 4.78 is 54.0. The highest BCUT2D eigenvalue weighted by atomic mass is 32.2. The third-order valence-corrected chi connectivity index (χ3v) is 5.67. The zero-order chi connectivity index (χ0) is 17.3. The number of rotatable bonds is 4. The molecule has 0 unspecified atom stereocenters. The van der Waals surface area contributed by atoms with E-state index >= 15 is 0 Å². The van der Waals surface area contributed by atoms with E-state index in [9.17, 15) is 22.3 Å². The van der Waals surface area contributed by atoms with Crippen molar-refractivity contribution in [2.45, 2.75) is 36.3 Å². The number of aliphatic hydroxyl groups is 1. The van der Waals surface area contributed by atoms with Gasteiger partial charge < -0.3 is 5.11 Å². The van der Waals surface area contributed by atoms with Crippen molar-refractivity contribution in [2.24, 2.45) is 0 Å². The van der Waals surface area contributed by atoms with Crippen LogP contribution in [0.2, 0.25) is 0 Å². The van der Waals surface area contributed by atoms with E-state index < -0.39 is 27.8 Å². The summed E-state index contributed by atoms with van der Waals surface area (Å²) >= 11 is 0. The molecule has 0 aliphatic heterocycles. The molecule has 1 saturated carbocycles. The molecule has 2 N–H and O–H groups in total. The van der Waals surface area contributed by atoms with E-state index in [1.807, 2.05) is 0 Å². The highest BCUT2D eigenvalue weighted by Crippen LogP contribution is 2.26. The van der Waals surface area contributed by atoms with Gasteiger partial charge in [0.1, 0.15) is 11.6 Å². The minimum Gasteiger partial charge on any atom is -0.393 e. The molecule has 0 radical (unpaired) electrons. The van der Waals surface area contributed by atoms with E-state index in [0.29, 0.717) is 24.8 Å². The summed E-state index contributed by atoms with van der Waals surface area (Å²) in [5, 5.41) is 9.48. The normalized spacial score (nSPS) is 21.1. The van der Waals surface area contributed by atoms with Gasteiger partial charge in [-0.3, -0.25) is 0 Å². The van der Waals surface area contributed by atoms with E-state index in [-0.39, 0.29) is 16.5 Å². The number of sulfonamides is 1. The van der Waals surface area contributed by atoms with Crippen LogP contribution in [0, 0.1) is 11.6 Å². The molecule has 1 fully saturated rings. The van der Waals surface area contributed by atoms with E-state index in [4.69, 9.17) is 0 Å². The van der Waals surface area contributed by atoms with Crippen molar-refractivity contribution in [2.75, 3.05) is 0 Å². The molecule has 128 valence electrons. The second-order valence-electron chi connectivity index (χ2n) is 5.93. The molecular weight excluding hydrogens is 336 g/mol. The quantitative estimate of drug-likeness (QED) is 0.888. The average molecular weight is 353 g/mol. The Balaban J connectivity index is 1.81. The third kappa shape index (κ3) is 3.63. The van der Waals surface area contributed by atoms with Crippen molar-refractivity contribution in [1.82, 2.24) is 4.72 Å². The lowest BCUT2D eigenvalue weighted by Gasteiger charge is -2.13. The maximum atomic E-state index is 13.8. The van der Waals surface area contributed by atoms with Gasteiger partial charge in [-0.1, -0.05) is 12.1 Å². The predicted molar refractivity (Wildman–Crippen MR) is 85.8 cm³/mol.